The van der Waals surface area contributed by atoms with E-state index in [4.69, 9.17) is 5.73 Å². The van der Waals surface area contributed by atoms with E-state index in [0.29, 0.717) is 5.92 Å². The van der Waals surface area contributed by atoms with Crippen LogP contribution < -0.4 is 5.73 Å². The minimum absolute atomic E-state index is 0.453. The molecule has 15 heavy (non-hydrogen) atoms. The van der Waals surface area contributed by atoms with Gasteiger partial charge in [-0.05, 0) is 12.8 Å². The largest absolute Gasteiger partial charge is 0.402 e. The summed E-state index contributed by atoms with van der Waals surface area (Å²) >= 11 is 0. The molecule has 0 amide bonds. The van der Waals surface area contributed by atoms with E-state index < -0.39 is 0 Å². The molecular formula is C14H29N. The zero-order chi connectivity index (χ0) is 12.1. The molecule has 0 fully saturated rings. The lowest BCUT2D eigenvalue weighted by Gasteiger charge is -2.13. The van der Waals surface area contributed by atoms with Crippen molar-refractivity contribution >= 4 is 0 Å². The van der Waals surface area contributed by atoms with Gasteiger partial charge in [0.25, 0.3) is 0 Å². The van der Waals surface area contributed by atoms with E-state index in [9.17, 15) is 0 Å². The summed E-state index contributed by atoms with van der Waals surface area (Å²) in [7, 11) is 0. The predicted octanol–water partition coefficient (Wildman–Crippen LogP) is 4.65. The van der Waals surface area contributed by atoms with E-state index in [1.165, 1.54) is 25.7 Å². The molecule has 2 N–H and O–H groups in total. The molecule has 1 nitrogen and oxygen atoms in total. The lowest BCUT2D eigenvalue weighted by Crippen LogP contribution is -2.09. The Morgan fingerprint density at radius 1 is 1.27 bits per heavy atom. The first kappa shape index (κ1) is 16.7. The van der Waals surface area contributed by atoms with Crippen LogP contribution in [0.15, 0.2) is 24.9 Å². The van der Waals surface area contributed by atoms with Crippen LogP contribution in [0.3, 0.4) is 0 Å². The molecule has 0 bridgehead atoms. The third-order valence-corrected chi connectivity index (χ3v) is 2.13. The third-order valence-electron chi connectivity index (χ3n) is 2.13. The van der Waals surface area contributed by atoms with Gasteiger partial charge in [-0.2, -0.15) is 0 Å². The fourth-order valence-electron chi connectivity index (χ4n) is 1.30. The third kappa shape index (κ3) is 13.3. The van der Waals surface area contributed by atoms with Gasteiger partial charge in [-0.15, -0.1) is 6.58 Å². The molecule has 0 spiro atoms. The average Bonchev–Trinajstić information content (AvgIpc) is 2.18. The van der Waals surface area contributed by atoms with Crippen molar-refractivity contribution in [2.45, 2.75) is 59.3 Å². The number of unbranched alkanes of at least 4 members (excludes halogenated alkanes) is 2. The Balaban J connectivity index is 0. The number of hydrogen-bond donors (Lipinski definition) is 1. The Hall–Kier alpha value is -0.720. The van der Waals surface area contributed by atoms with Crippen LogP contribution >= 0.6 is 0 Å². The van der Waals surface area contributed by atoms with Crippen molar-refractivity contribution in [1.29, 1.82) is 0 Å². The summed E-state index contributed by atoms with van der Waals surface area (Å²) in [6.07, 6.45) is 9.12. The highest BCUT2D eigenvalue weighted by Gasteiger charge is 2.06. The van der Waals surface area contributed by atoms with Gasteiger partial charge in [-0.25, -0.2) is 0 Å². The van der Waals surface area contributed by atoms with Crippen LogP contribution in [0.1, 0.15) is 59.3 Å². The minimum atomic E-state index is 0.453. The first-order valence-corrected chi connectivity index (χ1v) is 6.19. The van der Waals surface area contributed by atoms with Crippen molar-refractivity contribution in [1.82, 2.24) is 0 Å². The molecule has 0 aliphatic heterocycles. The number of allylic oxidation sites excluding steroid dienone is 2. The normalized spacial score (nSPS) is 11.1. The van der Waals surface area contributed by atoms with Gasteiger partial charge >= 0.3 is 0 Å². The van der Waals surface area contributed by atoms with Crippen molar-refractivity contribution in [3.05, 3.63) is 24.9 Å². The molecule has 1 heteroatoms. The number of nitrogens with two attached hydrogens (primary N) is 1. The van der Waals surface area contributed by atoms with Crippen molar-refractivity contribution in [3.63, 3.8) is 0 Å². The summed E-state index contributed by atoms with van der Waals surface area (Å²) in [4.78, 5) is 0. The molecule has 1 unspecified atom stereocenters. The van der Waals surface area contributed by atoms with E-state index in [1.54, 1.807) is 0 Å². The molecule has 1 atom stereocenters. The van der Waals surface area contributed by atoms with Crippen LogP contribution in [0.4, 0.5) is 0 Å². The van der Waals surface area contributed by atoms with Gasteiger partial charge in [0.2, 0.25) is 0 Å². The van der Waals surface area contributed by atoms with Gasteiger partial charge in [-0.3, -0.25) is 0 Å². The highest BCUT2D eigenvalue weighted by molar-refractivity contribution is 4.96. The Bertz CT molecular complexity index is 149. The van der Waals surface area contributed by atoms with Gasteiger partial charge in [0.15, 0.2) is 0 Å². The van der Waals surface area contributed by atoms with Gasteiger partial charge < -0.3 is 5.73 Å². The standard InChI is InChI=1S/C11H21N.C3H8/c1-4-6-7-9-11(8-5-2)10(3)12;1-3-2/h5,11H,2-4,6-9,12H2,1H3;3H2,1-2H3. The molecule has 0 radical (unpaired) electrons. The molecular weight excluding hydrogens is 182 g/mol. The number of rotatable bonds is 7. The quantitative estimate of drug-likeness (QED) is 0.481. The van der Waals surface area contributed by atoms with E-state index in [-0.39, 0.29) is 0 Å². The Kier molecular flexibility index (Phi) is 14.8. The first-order chi connectivity index (χ1) is 7.13. The minimum Gasteiger partial charge on any atom is -0.402 e. The second-order valence-electron chi connectivity index (χ2n) is 4.00. The summed E-state index contributed by atoms with van der Waals surface area (Å²) in [5.41, 5.74) is 6.47. The van der Waals surface area contributed by atoms with E-state index in [1.807, 2.05) is 6.08 Å². The molecule has 0 aliphatic carbocycles. The van der Waals surface area contributed by atoms with Crippen molar-refractivity contribution in [3.8, 4) is 0 Å². The molecule has 0 saturated heterocycles. The van der Waals surface area contributed by atoms with Crippen molar-refractivity contribution < 1.29 is 0 Å². The Morgan fingerprint density at radius 2 is 1.80 bits per heavy atom. The molecule has 0 aromatic carbocycles. The first-order valence-electron chi connectivity index (χ1n) is 6.19. The fraction of sp³-hybridized carbons (Fsp3) is 0.714. The molecule has 0 saturated carbocycles. The SMILES string of the molecule is C=CCC(CCCCC)C(=C)N.CCC. The van der Waals surface area contributed by atoms with Gasteiger partial charge in [0.1, 0.15) is 0 Å². The van der Waals surface area contributed by atoms with Crippen LogP contribution in [0.5, 0.6) is 0 Å². The molecule has 90 valence electrons. The lowest BCUT2D eigenvalue weighted by molar-refractivity contribution is 0.519. The lowest BCUT2D eigenvalue weighted by atomic mass is 9.95. The van der Waals surface area contributed by atoms with Crippen LogP contribution in [0.25, 0.3) is 0 Å². The maximum atomic E-state index is 5.66. The second kappa shape index (κ2) is 13.3. The van der Waals surface area contributed by atoms with Gasteiger partial charge in [0.05, 0.1) is 0 Å². The summed E-state index contributed by atoms with van der Waals surface area (Å²) < 4.78 is 0. The maximum Gasteiger partial charge on any atom is 0.00421 e. The smallest absolute Gasteiger partial charge is 0.00421 e. The predicted molar refractivity (Wildman–Crippen MR) is 71.7 cm³/mol. The summed E-state index contributed by atoms with van der Waals surface area (Å²) in [6, 6.07) is 0. The number of hydrogen-bond acceptors (Lipinski definition) is 1. The Labute approximate surface area is 96.5 Å². The highest BCUT2D eigenvalue weighted by atomic mass is 14.6. The topological polar surface area (TPSA) is 26.0 Å². The van der Waals surface area contributed by atoms with Crippen molar-refractivity contribution in [2.24, 2.45) is 11.7 Å². The van der Waals surface area contributed by atoms with Crippen LogP contribution in [-0.2, 0) is 0 Å². The average molecular weight is 211 g/mol. The zero-order valence-electron chi connectivity index (χ0n) is 10.9. The molecule has 0 aliphatic rings. The molecule has 0 heterocycles. The van der Waals surface area contributed by atoms with Crippen LogP contribution in [0.2, 0.25) is 0 Å². The van der Waals surface area contributed by atoms with Crippen LogP contribution in [0, 0.1) is 5.92 Å². The highest BCUT2D eigenvalue weighted by Crippen LogP contribution is 2.18. The molecule has 0 rings (SSSR count). The second-order valence-corrected chi connectivity index (χ2v) is 4.00. The summed E-state index contributed by atoms with van der Waals surface area (Å²) in [6.45, 7) is 14.0. The van der Waals surface area contributed by atoms with Crippen molar-refractivity contribution in [2.75, 3.05) is 0 Å². The van der Waals surface area contributed by atoms with Crippen LogP contribution in [-0.4, -0.2) is 0 Å². The zero-order valence-corrected chi connectivity index (χ0v) is 10.9. The Morgan fingerprint density at radius 3 is 2.13 bits per heavy atom. The maximum absolute atomic E-state index is 5.66. The van der Waals surface area contributed by atoms with E-state index in [0.717, 1.165) is 18.5 Å². The molecule has 0 aromatic heterocycles. The summed E-state index contributed by atoms with van der Waals surface area (Å²) in [5, 5.41) is 0. The molecule has 0 aromatic rings. The van der Waals surface area contributed by atoms with Gasteiger partial charge in [0, 0.05) is 11.6 Å². The summed E-state index contributed by atoms with van der Waals surface area (Å²) in [5.74, 6) is 0.453. The fourth-order valence-corrected chi connectivity index (χ4v) is 1.30. The van der Waals surface area contributed by atoms with E-state index in [2.05, 4.69) is 33.9 Å². The monoisotopic (exact) mass is 211 g/mol. The van der Waals surface area contributed by atoms with Gasteiger partial charge in [-0.1, -0.05) is 59.1 Å². The van der Waals surface area contributed by atoms with E-state index >= 15 is 0 Å².